The Hall–Kier alpha value is -2.28. The van der Waals surface area contributed by atoms with Crippen LogP contribution in [0.1, 0.15) is 27.2 Å². The second-order valence-corrected chi connectivity index (χ2v) is 6.11. The van der Waals surface area contributed by atoms with Crippen molar-refractivity contribution in [1.82, 2.24) is 5.32 Å². The molecule has 27 heavy (non-hydrogen) atoms. The fourth-order valence-corrected chi connectivity index (χ4v) is 2.64. The van der Waals surface area contributed by atoms with E-state index in [0.29, 0.717) is 0 Å². The molecule has 154 valence electrons. The first-order valence-electron chi connectivity index (χ1n) is 7.94. The maximum atomic E-state index is 11.4. The van der Waals surface area contributed by atoms with Gasteiger partial charge in [-0.3, -0.25) is 14.4 Å². The van der Waals surface area contributed by atoms with Gasteiger partial charge in [0.15, 0.2) is 6.10 Å². The average Bonchev–Trinajstić information content (AvgIpc) is 2.52. The Labute approximate surface area is 154 Å². The maximum absolute atomic E-state index is 11.4. The lowest BCUT2D eigenvalue weighted by molar-refractivity contribution is -0.295. The van der Waals surface area contributed by atoms with E-state index in [0.717, 1.165) is 20.8 Å². The van der Waals surface area contributed by atoms with Gasteiger partial charge in [-0.2, -0.15) is 0 Å². The number of carbonyl (C=O) groups is 4. The molecule has 6 atom stereocenters. The summed E-state index contributed by atoms with van der Waals surface area (Å²) < 4.78 is 14.6. The van der Waals surface area contributed by atoms with Gasteiger partial charge in [0.1, 0.15) is 18.8 Å². The van der Waals surface area contributed by atoms with Gasteiger partial charge in [-0.15, -0.1) is 0 Å². The molecule has 0 saturated carbocycles. The molecule has 0 aliphatic carbocycles. The monoisotopic (exact) mass is 393 g/mol. The fourth-order valence-electron chi connectivity index (χ4n) is 2.64. The predicted octanol–water partition coefficient (Wildman–Crippen LogP) is -2.73. The van der Waals surface area contributed by atoms with E-state index in [2.05, 4.69) is 5.32 Å². The van der Waals surface area contributed by atoms with Crippen molar-refractivity contribution < 1.29 is 53.8 Å². The summed E-state index contributed by atoms with van der Waals surface area (Å²) in [6.45, 7) is 2.59. The Morgan fingerprint density at radius 2 is 1.81 bits per heavy atom. The molecule has 0 bridgehead atoms. The van der Waals surface area contributed by atoms with E-state index in [4.69, 9.17) is 19.3 Å². The van der Waals surface area contributed by atoms with E-state index >= 15 is 0 Å². The van der Waals surface area contributed by atoms with Crippen molar-refractivity contribution in [2.45, 2.75) is 63.4 Å². The van der Waals surface area contributed by atoms with Crippen LogP contribution >= 0.6 is 0 Å². The number of aliphatic hydroxyl groups is 3. The number of hydrogen-bond acceptors (Lipinski definition) is 10. The molecule has 0 spiro atoms. The zero-order chi connectivity index (χ0) is 20.9. The molecule has 1 amide bonds. The molecule has 12 heteroatoms. The average molecular weight is 393 g/mol. The number of carboxylic acids is 1. The molecular weight excluding hydrogens is 370 g/mol. The van der Waals surface area contributed by atoms with Gasteiger partial charge < -0.3 is 40.0 Å². The van der Waals surface area contributed by atoms with Crippen LogP contribution in [0.5, 0.6) is 0 Å². The Bertz CT molecular complexity index is 594. The van der Waals surface area contributed by atoms with Gasteiger partial charge in [0, 0.05) is 27.2 Å². The van der Waals surface area contributed by atoms with Gasteiger partial charge in [-0.25, -0.2) is 4.79 Å². The number of ether oxygens (including phenoxy) is 3. The first kappa shape index (κ1) is 22.8. The van der Waals surface area contributed by atoms with Crippen molar-refractivity contribution in [2.75, 3.05) is 6.61 Å². The van der Waals surface area contributed by atoms with Crippen LogP contribution in [0, 0.1) is 0 Å². The topological polar surface area (TPSA) is 189 Å². The Kier molecular flexibility index (Phi) is 7.65. The highest BCUT2D eigenvalue weighted by molar-refractivity contribution is 5.76. The molecule has 1 fully saturated rings. The van der Waals surface area contributed by atoms with Crippen molar-refractivity contribution in [1.29, 1.82) is 0 Å². The largest absolute Gasteiger partial charge is 0.477 e. The Morgan fingerprint density at radius 1 is 1.22 bits per heavy atom. The molecule has 1 saturated heterocycles. The number of aliphatic carboxylic acids is 1. The second-order valence-electron chi connectivity index (χ2n) is 6.11. The van der Waals surface area contributed by atoms with E-state index in [1.165, 1.54) is 0 Å². The van der Waals surface area contributed by atoms with E-state index in [-0.39, 0.29) is 0 Å². The van der Waals surface area contributed by atoms with Crippen LogP contribution in [-0.4, -0.2) is 87.1 Å². The minimum atomic E-state index is -2.86. The SMILES string of the molecule is CC(=O)NC1C(O)CC(O)(C(=O)O)OC1C(O)C(COC(C)=O)OC(C)=O. The van der Waals surface area contributed by atoms with Crippen molar-refractivity contribution in [3.63, 3.8) is 0 Å². The minimum absolute atomic E-state index is 0.607. The van der Waals surface area contributed by atoms with Gasteiger partial charge >= 0.3 is 17.9 Å². The molecule has 6 unspecified atom stereocenters. The summed E-state index contributed by atoms with van der Waals surface area (Å²) in [5.41, 5.74) is 0. The van der Waals surface area contributed by atoms with E-state index < -0.39 is 73.1 Å². The second kappa shape index (κ2) is 9.08. The van der Waals surface area contributed by atoms with Crippen LogP contribution in [0.15, 0.2) is 0 Å². The molecule has 1 aliphatic heterocycles. The summed E-state index contributed by atoms with van der Waals surface area (Å²) in [7, 11) is 0. The Balaban J connectivity index is 3.18. The third-order valence-corrected chi connectivity index (χ3v) is 3.78. The number of aliphatic hydroxyl groups excluding tert-OH is 2. The molecule has 0 aromatic carbocycles. The number of nitrogens with one attached hydrogen (secondary N) is 1. The van der Waals surface area contributed by atoms with Crippen molar-refractivity contribution in [3.8, 4) is 0 Å². The van der Waals surface area contributed by atoms with Crippen LogP contribution in [0.25, 0.3) is 0 Å². The molecule has 0 aromatic heterocycles. The van der Waals surface area contributed by atoms with E-state index in [1.807, 2.05) is 0 Å². The molecule has 5 N–H and O–H groups in total. The highest BCUT2D eigenvalue weighted by Gasteiger charge is 2.54. The summed E-state index contributed by atoms with van der Waals surface area (Å²) in [5, 5.41) is 42.2. The number of esters is 2. The standard InChI is InChI=1S/C15H23NO11/c1-6(17)16-11-9(20)4-15(24,14(22)23)27-13(11)12(21)10(26-8(3)19)5-25-7(2)18/h9-13,20-21,24H,4-5H2,1-3H3,(H,16,17)(H,22,23). The van der Waals surface area contributed by atoms with Crippen molar-refractivity contribution >= 4 is 23.8 Å². The van der Waals surface area contributed by atoms with Crippen LogP contribution in [0.4, 0.5) is 0 Å². The molecule has 12 nitrogen and oxygen atoms in total. The first-order valence-corrected chi connectivity index (χ1v) is 7.94. The first-order chi connectivity index (χ1) is 12.4. The maximum Gasteiger partial charge on any atom is 0.364 e. The predicted molar refractivity (Wildman–Crippen MR) is 83.9 cm³/mol. The van der Waals surface area contributed by atoms with Crippen LogP contribution in [0.2, 0.25) is 0 Å². The molecule has 0 aromatic rings. The van der Waals surface area contributed by atoms with Crippen molar-refractivity contribution in [2.24, 2.45) is 0 Å². The van der Waals surface area contributed by atoms with Gasteiger partial charge in [0.25, 0.3) is 5.79 Å². The van der Waals surface area contributed by atoms with Crippen LogP contribution < -0.4 is 5.32 Å². The molecule has 1 aliphatic rings. The lowest BCUT2D eigenvalue weighted by Crippen LogP contribution is -2.67. The summed E-state index contributed by atoms with van der Waals surface area (Å²) in [6.07, 6.45) is -7.51. The number of carboxylic acid groups (broad SMARTS) is 1. The van der Waals surface area contributed by atoms with Gasteiger partial charge in [-0.05, 0) is 0 Å². The molecule has 1 rings (SSSR count). The highest BCUT2D eigenvalue weighted by atomic mass is 16.7. The molecule has 0 radical (unpaired) electrons. The quantitative estimate of drug-likeness (QED) is 0.282. The number of rotatable bonds is 7. The number of carbonyl (C=O) groups excluding carboxylic acids is 3. The van der Waals surface area contributed by atoms with E-state index in [9.17, 15) is 34.5 Å². The molecular formula is C15H23NO11. The van der Waals surface area contributed by atoms with Gasteiger partial charge in [-0.1, -0.05) is 0 Å². The third kappa shape index (κ3) is 6.13. The normalized spacial score (nSPS) is 29.9. The summed E-state index contributed by atoms with van der Waals surface area (Å²) in [6, 6.07) is -1.34. The number of amides is 1. The number of hydrogen-bond donors (Lipinski definition) is 5. The van der Waals surface area contributed by atoms with Crippen molar-refractivity contribution in [3.05, 3.63) is 0 Å². The zero-order valence-electron chi connectivity index (χ0n) is 14.9. The smallest absolute Gasteiger partial charge is 0.364 e. The third-order valence-electron chi connectivity index (χ3n) is 3.78. The summed E-state index contributed by atoms with van der Waals surface area (Å²) >= 11 is 0. The minimum Gasteiger partial charge on any atom is -0.477 e. The summed E-state index contributed by atoms with van der Waals surface area (Å²) in [4.78, 5) is 44.9. The Morgan fingerprint density at radius 3 is 2.26 bits per heavy atom. The summed E-state index contributed by atoms with van der Waals surface area (Å²) in [5.74, 6) is -6.92. The van der Waals surface area contributed by atoms with Crippen LogP contribution in [-0.2, 0) is 33.4 Å². The van der Waals surface area contributed by atoms with Gasteiger partial charge in [0.05, 0.1) is 12.1 Å². The lowest BCUT2D eigenvalue weighted by Gasteiger charge is -2.45. The highest BCUT2D eigenvalue weighted by Crippen LogP contribution is 2.31. The fraction of sp³-hybridized carbons (Fsp3) is 0.733. The van der Waals surface area contributed by atoms with Gasteiger partial charge in [0.2, 0.25) is 5.91 Å². The lowest BCUT2D eigenvalue weighted by atomic mass is 9.88. The van der Waals surface area contributed by atoms with E-state index in [1.54, 1.807) is 0 Å². The zero-order valence-corrected chi connectivity index (χ0v) is 14.9. The van der Waals surface area contributed by atoms with Crippen LogP contribution in [0.3, 0.4) is 0 Å². The molecule has 1 heterocycles.